The molecular formula is C11H12N2O. The average molecular weight is 188 g/mol. The number of hydrogen-bond donors (Lipinski definition) is 1. The van der Waals surface area contributed by atoms with Crippen LogP contribution in [0.4, 0.5) is 0 Å². The lowest BCUT2D eigenvalue weighted by atomic mass is 10.2. The van der Waals surface area contributed by atoms with Gasteiger partial charge in [0.05, 0.1) is 5.54 Å². The first-order valence-corrected chi connectivity index (χ1v) is 4.85. The third-order valence-corrected chi connectivity index (χ3v) is 2.83. The molecule has 3 nitrogen and oxygen atoms in total. The topological polar surface area (TPSA) is 52.0 Å². The second kappa shape index (κ2) is 2.36. The molecule has 1 aromatic carbocycles. The Morgan fingerprint density at radius 2 is 2.21 bits per heavy atom. The quantitative estimate of drug-likeness (QED) is 0.745. The molecule has 1 fully saturated rings. The summed E-state index contributed by atoms with van der Waals surface area (Å²) in [4.78, 5) is 4.42. The van der Waals surface area contributed by atoms with Crippen molar-refractivity contribution in [2.24, 2.45) is 5.73 Å². The number of nitrogens with two attached hydrogens (primary N) is 1. The fourth-order valence-electron chi connectivity index (χ4n) is 1.65. The molecule has 1 heterocycles. The number of fused-ring (bicyclic) bond motifs is 1. The van der Waals surface area contributed by atoms with Crippen LogP contribution in [0.2, 0.25) is 0 Å². The molecule has 3 rings (SSSR count). The van der Waals surface area contributed by atoms with E-state index in [1.807, 2.05) is 25.1 Å². The Morgan fingerprint density at radius 3 is 2.86 bits per heavy atom. The van der Waals surface area contributed by atoms with E-state index in [9.17, 15) is 0 Å². The van der Waals surface area contributed by atoms with Crippen LogP contribution in [0, 0.1) is 6.92 Å². The normalized spacial score (nSPS) is 18.7. The van der Waals surface area contributed by atoms with Crippen LogP contribution < -0.4 is 5.73 Å². The molecule has 0 spiro atoms. The number of hydrogen-bond acceptors (Lipinski definition) is 3. The van der Waals surface area contributed by atoms with Crippen molar-refractivity contribution in [3.63, 3.8) is 0 Å². The van der Waals surface area contributed by atoms with E-state index in [1.54, 1.807) is 0 Å². The van der Waals surface area contributed by atoms with Gasteiger partial charge < -0.3 is 10.2 Å². The van der Waals surface area contributed by atoms with Gasteiger partial charge in [0.15, 0.2) is 5.58 Å². The number of benzene rings is 1. The van der Waals surface area contributed by atoms with E-state index in [-0.39, 0.29) is 5.54 Å². The largest absolute Gasteiger partial charge is 0.438 e. The number of nitrogens with zero attached hydrogens (tertiary/aromatic N) is 1. The summed E-state index contributed by atoms with van der Waals surface area (Å²) >= 11 is 0. The van der Waals surface area contributed by atoms with E-state index < -0.39 is 0 Å². The van der Waals surface area contributed by atoms with Gasteiger partial charge in [0, 0.05) is 0 Å². The Kier molecular flexibility index (Phi) is 1.35. The lowest BCUT2D eigenvalue weighted by Gasteiger charge is -1.99. The Labute approximate surface area is 81.9 Å². The molecule has 2 aromatic rings. The van der Waals surface area contributed by atoms with Crippen molar-refractivity contribution in [2.45, 2.75) is 25.3 Å². The molecule has 1 saturated carbocycles. The number of aromatic nitrogens is 1. The third kappa shape index (κ3) is 0.990. The smallest absolute Gasteiger partial charge is 0.215 e. The van der Waals surface area contributed by atoms with E-state index in [4.69, 9.17) is 10.2 Å². The molecule has 0 bridgehead atoms. The highest BCUT2D eigenvalue weighted by atomic mass is 16.4. The number of para-hydroxylation sites is 1. The van der Waals surface area contributed by atoms with E-state index in [2.05, 4.69) is 4.98 Å². The van der Waals surface area contributed by atoms with Crippen molar-refractivity contribution in [1.29, 1.82) is 0 Å². The third-order valence-electron chi connectivity index (χ3n) is 2.83. The maximum atomic E-state index is 6.03. The highest BCUT2D eigenvalue weighted by molar-refractivity contribution is 5.76. The maximum absolute atomic E-state index is 6.03. The summed E-state index contributed by atoms with van der Waals surface area (Å²) in [5.41, 5.74) is 8.66. The van der Waals surface area contributed by atoms with Crippen molar-refractivity contribution in [2.75, 3.05) is 0 Å². The van der Waals surface area contributed by atoms with Crippen LogP contribution in [-0.2, 0) is 5.54 Å². The minimum absolute atomic E-state index is 0.272. The van der Waals surface area contributed by atoms with Crippen LogP contribution >= 0.6 is 0 Å². The molecule has 0 aliphatic heterocycles. The fraction of sp³-hybridized carbons (Fsp3) is 0.364. The molecular weight excluding hydrogens is 176 g/mol. The molecule has 0 atom stereocenters. The zero-order valence-electron chi connectivity index (χ0n) is 8.08. The minimum Gasteiger partial charge on any atom is -0.438 e. The molecule has 14 heavy (non-hydrogen) atoms. The SMILES string of the molecule is Cc1cccc2nc(C3(N)CC3)oc12. The van der Waals surface area contributed by atoms with Gasteiger partial charge in [-0.1, -0.05) is 12.1 Å². The second-order valence-electron chi connectivity index (χ2n) is 4.10. The molecule has 1 aliphatic carbocycles. The molecule has 0 radical (unpaired) electrons. The predicted molar refractivity (Wildman–Crippen MR) is 53.8 cm³/mol. The molecule has 0 amide bonds. The van der Waals surface area contributed by atoms with Gasteiger partial charge in [-0.05, 0) is 31.4 Å². The number of rotatable bonds is 1. The van der Waals surface area contributed by atoms with Crippen LogP contribution in [0.5, 0.6) is 0 Å². The lowest BCUT2D eigenvalue weighted by Crippen LogP contribution is -2.18. The molecule has 0 unspecified atom stereocenters. The highest BCUT2D eigenvalue weighted by Gasteiger charge is 2.45. The molecule has 2 N–H and O–H groups in total. The van der Waals surface area contributed by atoms with Gasteiger partial charge in [-0.25, -0.2) is 4.98 Å². The summed E-state index contributed by atoms with van der Waals surface area (Å²) in [6.45, 7) is 2.02. The lowest BCUT2D eigenvalue weighted by molar-refractivity contribution is 0.464. The van der Waals surface area contributed by atoms with E-state index in [1.165, 1.54) is 0 Å². The van der Waals surface area contributed by atoms with Gasteiger partial charge in [-0.15, -0.1) is 0 Å². The highest BCUT2D eigenvalue weighted by Crippen LogP contribution is 2.43. The van der Waals surface area contributed by atoms with Crippen LogP contribution in [0.15, 0.2) is 22.6 Å². The molecule has 3 heteroatoms. The van der Waals surface area contributed by atoms with Crippen LogP contribution in [0.1, 0.15) is 24.3 Å². The van der Waals surface area contributed by atoms with Gasteiger partial charge in [-0.3, -0.25) is 0 Å². The monoisotopic (exact) mass is 188 g/mol. The fourth-order valence-corrected chi connectivity index (χ4v) is 1.65. The van der Waals surface area contributed by atoms with E-state index in [0.29, 0.717) is 5.89 Å². The van der Waals surface area contributed by atoms with E-state index >= 15 is 0 Å². The summed E-state index contributed by atoms with van der Waals surface area (Å²) in [5, 5.41) is 0. The Morgan fingerprint density at radius 1 is 1.43 bits per heavy atom. The van der Waals surface area contributed by atoms with Crippen molar-refractivity contribution in [1.82, 2.24) is 4.98 Å². The Hall–Kier alpha value is -1.35. The molecule has 0 saturated heterocycles. The van der Waals surface area contributed by atoms with Gasteiger partial charge >= 0.3 is 0 Å². The van der Waals surface area contributed by atoms with Crippen LogP contribution in [0.3, 0.4) is 0 Å². The first-order chi connectivity index (χ1) is 6.69. The van der Waals surface area contributed by atoms with Gasteiger partial charge in [0.25, 0.3) is 0 Å². The van der Waals surface area contributed by atoms with Gasteiger partial charge in [0.2, 0.25) is 5.89 Å². The second-order valence-corrected chi connectivity index (χ2v) is 4.10. The number of oxazole rings is 1. The molecule has 1 aromatic heterocycles. The van der Waals surface area contributed by atoms with Crippen LogP contribution in [-0.4, -0.2) is 4.98 Å². The zero-order chi connectivity index (χ0) is 9.76. The van der Waals surface area contributed by atoms with Crippen molar-refractivity contribution < 1.29 is 4.42 Å². The van der Waals surface area contributed by atoms with Crippen LogP contribution in [0.25, 0.3) is 11.1 Å². The maximum Gasteiger partial charge on any atom is 0.215 e. The van der Waals surface area contributed by atoms with Crippen molar-refractivity contribution in [3.05, 3.63) is 29.7 Å². The zero-order valence-corrected chi connectivity index (χ0v) is 8.08. The summed E-state index contributed by atoms with van der Waals surface area (Å²) in [7, 11) is 0. The Balaban J connectivity index is 2.25. The average Bonchev–Trinajstić information content (AvgIpc) is 2.77. The van der Waals surface area contributed by atoms with E-state index in [0.717, 1.165) is 29.5 Å². The van der Waals surface area contributed by atoms with Crippen molar-refractivity contribution in [3.8, 4) is 0 Å². The summed E-state index contributed by atoms with van der Waals surface area (Å²) < 4.78 is 5.69. The summed E-state index contributed by atoms with van der Waals surface area (Å²) in [5.74, 6) is 0.696. The first-order valence-electron chi connectivity index (χ1n) is 4.85. The first kappa shape index (κ1) is 8.00. The predicted octanol–water partition coefficient (Wildman–Crippen LogP) is 2.08. The van der Waals surface area contributed by atoms with Crippen molar-refractivity contribution >= 4 is 11.1 Å². The molecule has 1 aliphatic rings. The minimum atomic E-state index is -0.272. The number of aryl methyl sites for hydroxylation is 1. The van der Waals surface area contributed by atoms with Gasteiger partial charge in [-0.2, -0.15) is 0 Å². The standard InChI is InChI=1S/C11H12N2O/c1-7-3-2-4-8-9(7)14-10(13-8)11(12)5-6-11/h2-4H,5-6,12H2,1H3. The summed E-state index contributed by atoms with van der Waals surface area (Å²) in [6.07, 6.45) is 1.97. The summed E-state index contributed by atoms with van der Waals surface area (Å²) in [6, 6.07) is 5.97. The molecule has 72 valence electrons. The van der Waals surface area contributed by atoms with Gasteiger partial charge in [0.1, 0.15) is 5.52 Å². The Bertz CT molecular complexity index is 497.